The first-order valence-corrected chi connectivity index (χ1v) is 6.72. The van der Waals surface area contributed by atoms with Crippen molar-refractivity contribution in [2.45, 2.75) is 26.3 Å². The minimum absolute atomic E-state index is 0.0589. The van der Waals surface area contributed by atoms with Crippen LogP contribution in [0.4, 0.5) is 0 Å². The normalized spacial score (nSPS) is 11.9. The molecule has 0 spiro atoms. The summed E-state index contributed by atoms with van der Waals surface area (Å²) in [7, 11) is 1.77. The van der Waals surface area contributed by atoms with Crippen molar-refractivity contribution in [2.24, 2.45) is 0 Å². The summed E-state index contributed by atoms with van der Waals surface area (Å²) in [4.78, 5) is 24.1. The van der Waals surface area contributed by atoms with Crippen molar-refractivity contribution < 1.29 is 14.7 Å². The van der Waals surface area contributed by atoms with Crippen LogP contribution in [-0.2, 0) is 16.1 Å². The molecule has 110 valence electrons. The number of carboxylic acid groups (broad SMARTS) is 1. The van der Waals surface area contributed by atoms with Crippen LogP contribution in [0.15, 0.2) is 24.3 Å². The van der Waals surface area contributed by atoms with Gasteiger partial charge in [-0.05, 0) is 25.0 Å². The van der Waals surface area contributed by atoms with Gasteiger partial charge in [-0.15, -0.1) is 0 Å². The molecule has 1 atom stereocenters. The van der Waals surface area contributed by atoms with Crippen LogP contribution in [0.1, 0.15) is 30.9 Å². The molecule has 0 heterocycles. The Labute approximate surface area is 119 Å². The summed E-state index contributed by atoms with van der Waals surface area (Å²) in [6.07, 6.45) is 0. The van der Waals surface area contributed by atoms with Gasteiger partial charge >= 0.3 is 5.97 Å². The zero-order valence-electron chi connectivity index (χ0n) is 12.2. The number of aliphatic carboxylic acids is 1. The Hall–Kier alpha value is -1.88. The number of hydrogen-bond donors (Lipinski definition) is 2. The van der Waals surface area contributed by atoms with Crippen LogP contribution >= 0.6 is 0 Å². The lowest BCUT2D eigenvalue weighted by atomic mass is 10.0. The zero-order chi connectivity index (χ0) is 15.1. The van der Waals surface area contributed by atoms with Gasteiger partial charge in [0.2, 0.25) is 5.91 Å². The number of benzene rings is 1. The van der Waals surface area contributed by atoms with E-state index in [-0.39, 0.29) is 5.91 Å². The van der Waals surface area contributed by atoms with Gasteiger partial charge in [0.25, 0.3) is 0 Å². The molecule has 5 heteroatoms. The Morgan fingerprint density at radius 1 is 1.30 bits per heavy atom. The molecule has 0 fully saturated rings. The van der Waals surface area contributed by atoms with Crippen LogP contribution in [-0.4, -0.2) is 42.0 Å². The summed E-state index contributed by atoms with van der Waals surface area (Å²) < 4.78 is 0. The highest BCUT2D eigenvalue weighted by molar-refractivity contribution is 5.77. The molecular weight excluding hydrogens is 256 g/mol. The molecule has 0 radical (unpaired) electrons. The van der Waals surface area contributed by atoms with E-state index in [0.717, 1.165) is 11.1 Å². The highest BCUT2D eigenvalue weighted by Gasteiger charge is 2.13. The first-order chi connectivity index (χ1) is 9.45. The van der Waals surface area contributed by atoms with Crippen molar-refractivity contribution >= 4 is 11.9 Å². The summed E-state index contributed by atoms with van der Waals surface area (Å²) in [6, 6.07) is 7.40. The predicted molar refractivity (Wildman–Crippen MR) is 77.5 cm³/mol. The van der Waals surface area contributed by atoms with Crippen molar-refractivity contribution in [3.8, 4) is 0 Å². The van der Waals surface area contributed by atoms with E-state index in [1.54, 1.807) is 18.9 Å². The van der Waals surface area contributed by atoms with E-state index in [1.165, 1.54) is 0 Å². The number of carbonyl (C=O) groups is 2. The molecule has 5 nitrogen and oxygen atoms in total. The second kappa shape index (κ2) is 7.65. The molecule has 20 heavy (non-hydrogen) atoms. The Morgan fingerprint density at radius 3 is 2.40 bits per heavy atom. The van der Waals surface area contributed by atoms with Crippen LogP contribution < -0.4 is 5.32 Å². The lowest BCUT2D eigenvalue weighted by Gasteiger charge is -2.14. The van der Waals surface area contributed by atoms with E-state index in [2.05, 4.69) is 5.32 Å². The van der Waals surface area contributed by atoms with E-state index in [0.29, 0.717) is 19.6 Å². The summed E-state index contributed by atoms with van der Waals surface area (Å²) in [6.45, 7) is 5.18. The highest BCUT2D eigenvalue weighted by Crippen LogP contribution is 2.15. The summed E-state index contributed by atoms with van der Waals surface area (Å²) in [5.41, 5.74) is 1.81. The number of carboxylic acids is 1. The Bertz CT molecular complexity index is 457. The van der Waals surface area contributed by atoms with E-state index < -0.39 is 11.9 Å². The number of rotatable bonds is 7. The highest BCUT2D eigenvalue weighted by atomic mass is 16.4. The molecule has 0 aliphatic rings. The molecule has 0 saturated heterocycles. The molecule has 0 saturated carbocycles. The zero-order valence-corrected chi connectivity index (χ0v) is 12.2. The largest absolute Gasteiger partial charge is 0.481 e. The molecule has 1 amide bonds. The number of amides is 1. The average Bonchev–Trinajstić information content (AvgIpc) is 2.46. The van der Waals surface area contributed by atoms with Gasteiger partial charge in [0.1, 0.15) is 0 Å². The summed E-state index contributed by atoms with van der Waals surface area (Å²) in [5.74, 6) is -1.27. The van der Waals surface area contributed by atoms with Crippen LogP contribution in [0.3, 0.4) is 0 Å². The fraction of sp³-hybridized carbons (Fsp3) is 0.467. The third-order valence-electron chi connectivity index (χ3n) is 3.36. The van der Waals surface area contributed by atoms with Gasteiger partial charge in [-0.1, -0.05) is 24.3 Å². The first kappa shape index (κ1) is 16.2. The standard InChI is InChI=1S/C15H22N2O3/c1-4-17(3)14(18)10-16-9-12-5-7-13(8-6-12)11(2)15(19)20/h5-8,11,16H,4,9-10H2,1-3H3,(H,19,20). The first-order valence-electron chi connectivity index (χ1n) is 6.72. The average molecular weight is 278 g/mol. The van der Waals surface area contributed by atoms with Gasteiger partial charge in [-0.2, -0.15) is 0 Å². The van der Waals surface area contributed by atoms with E-state index in [1.807, 2.05) is 31.2 Å². The molecule has 0 aliphatic carbocycles. The van der Waals surface area contributed by atoms with Gasteiger partial charge in [0, 0.05) is 20.1 Å². The van der Waals surface area contributed by atoms with Gasteiger partial charge in [0.15, 0.2) is 0 Å². The fourth-order valence-corrected chi connectivity index (χ4v) is 1.69. The van der Waals surface area contributed by atoms with Gasteiger partial charge in [-0.25, -0.2) is 0 Å². The molecule has 0 aliphatic heterocycles. The second-order valence-electron chi connectivity index (χ2n) is 4.81. The Kier molecular flexibility index (Phi) is 6.18. The maximum Gasteiger partial charge on any atom is 0.310 e. The van der Waals surface area contributed by atoms with Crippen molar-refractivity contribution in [3.05, 3.63) is 35.4 Å². The van der Waals surface area contributed by atoms with E-state index in [9.17, 15) is 9.59 Å². The topological polar surface area (TPSA) is 69.6 Å². The molecule has 1 rings (SSSR count). The lowest BCUT2D eigenvalue weighted by molar-refractivity contribution is -0.138. The van der Waals surface area contributed by atoms with Crippen molar-refractivity contribution in [2.75, 3.05) is 20.1 Å². The summed E-state index contributed by atoms with van der Waals surface area (Å²) >= 11 is 0. The molecule has 2 N–H and O–H groups in total. The van der Waals surface area contributed by atoms with Crippen LogP contribution in [0.2, 0.25) is 0 Å². The van der Waals surface area contributed by atoms with Crippen LogP contribution in [0, 0.1) is 0 Å². The minimum atomic E-state index is -0.830. The summed E-state index contributed by atoms with van der Waals surface area (Å²) in [5, 5.41) is 12.0. The number of carbonyl (C=O) groups excluding carboxylic acids is 1. The van der Waals surface area contributed by atoms with E-state index in [4.69, 9.17) is 5.11 Å². The third-order valence-corrected chi connectivity index (χ3v) is 3.36. The SMILES string of the molecule is CCN(C)C(=O)CNCc1ccc(C(C)C(=O)O)cc1. The Balaban J connectivity index is 2.46. The van der Waals surface area contributed by atoms with Crippen LogP contribution in [0.25, 0.3) is 0 Å². The number of likely N-dealkylation sites (N-methyl/N-ethyl adjacent to an activating group) is 1. The third kappa shape index (κ3) is 4.66. The van der Waals surface area contributed by atoms with Crippen molar-refractivity contribution in [1.82, 2.24) is 10.2 Å². The quantitative estimate of drug-likeness (QED) is 0.792. The maximum absolute atomic E-state index is 11.6. The van der Waals surface area contributed by atoms with Gasteiger partial charge < -0.3 is 15.3 Å². The molecule has 1 unspecified atom stereocenters. The van der Waals surface area contributed by atoms with Gasteiger partial charge in [0.05, 0.1) is 12.5 Å². The molecule has 0 aromatic heterocycles. The van der Waals surface area contributed by atoms with E-state index >= 15 is 0 Å². The molecule has 1 aromatic carbocycles. The number of hydrogen-bond acceptors (Lipinski definition) is 3. The Morgan fingerprint density at radius 2 is 1.90 bits per heavy atom. The minimum Gasteiger partial charge on any atom is -0.481 e. The van der Waals surface area contributed by atoms with Gasteiger partial charge in [-0.3, -0.25) is 9.59 Å². The van der Waals surface area contributed by atoms with Crippen molar-refractivity contribution in [1.29, 1.82) is 0 Å². The monoisotopic (exact) mass is 278 g/mol. The smallest absolute Gasteiger partial charge is 0.310 e. The molecule has 0 bridgehead atoms. The molecule has 1 aromatic rings. The lowest BCUT2D eigenvalue weighted by Crippen LogP contribution is -2.35. The molecular formula is C15H22N2O3. The number of nitrogens with one attached hydrogen (secondary N) is 1. The predicted octanol–water partition coefficient (Wildman–Crippen LogP) is 1.44. The number of nitrogens with zero attached hydrogens (tertiary/aromatic N) is 1. The van der Waals surface area contributed by atoms with Crippen molar-refractivity contribution in [3.63, 3.8) is 0 Å². The second-order valence-corrected chi connectivity index (χ2v) is 4.81. The maximum atomic E-state index is 11.6. The fourth-order valence-electron chi connectivity index (χ4n) is 1.69. The van der Waals surface area contributed by atoms with Crippen LogP contribution in [0.5, 0.6) is 0 Å².